The highest BCUT2D eigenvalue weighted by molar-refractivity contribution is 5.99. The van der Waals surface area contributed by atoms with Gasteiger partial charge in [-0.15, -0.1) is 0 Å². The molecule has 0 amide bonds. The molecule has 19 heavy (non-hydrogen) atoms. The quantitative estimate of drug-likeness (QED) is 0.860. The zero-order valence-electron chi connectivity index (χ0n) is 10.1. The van der Waals surface area contributed by atoms with Crippen LogP contribution >= 0.6 is 0 Å². The summed E-state index contributed by atoms with van der Waals surface area (Å²) in [5.74, 6) is -0.287. The van der Waals surface area contributed by atoms with Crippen LogP contribution in [0.3, 0.4) is 0 Å². The molecule has 1 aliphatic rings. The zero-order chi connectivity index (χ0) is 14.0. The Balaban J connectivity index is 2.08. The molecule has 1 aromatic carbocycles. The Kier molecular flexibility index (Phi) is 3.91. The summed E-state index contributed by atoms with van der Waals surface area (Å²) >= 11 is 0. The predicted octanol–water partition coefficient (Wildman–Crippen LogP) is 2.39. The van der Waals surface area contributed by atoms with E-state index in [0.717, 1.165) is 12.1 Å². The minimum atomic E-state index is -4.39. The molecule has 104 valence electrons. The maximum Gasteiger partial charge on any atom is 0.416 e. The molecule has 1 saturated heterocycles. The highest BCUT2D eigenvalue weighted by Gasteiger charge is 2.32. The molecule has 0 bridgehead atoms. The van der Waals surface area contributed by atoms with Gasteiger partial charge in [0.15, 0.2) is 5.78 Å². The summed E-state index contributed by atoms with van der Waals surface area (Å²) in [5, 5.41) is 0. The first-order chi connectivity index (χ1) is 8.91. The second kappa shape index (κ2) is 5.30. The number of halogens is 3. The van der Waals surface area contributed by atoms with E-state index in [0.29, 0.717) is 19.4 Å². The van der Waals surface area contributed by atoms with E-state index in [-0.39, 0.29) is 17.5 Å². The predicted molar refractivity (Wildman–Crippen MR) is 62.7 cm³/mol. The Bertz CT molecular complexity index is 456. The molecule has 6 heteroatoms. The smallest absolute Gasteiger partial charge is 0.366 e. The maximum atomic E-state index is 12.4. The number of hydrogen-bond acceptors (Lipinski definition) is 3. The number of carbonyl (C=O) groups is 1. The van der Waals surface area contributed by atoms with Crippen LogP contribution in [0.25, 0.3) is 0 Å². The fourth-order valence-electron chi connectivity index (χ4n) is 2.08. The van der Waals surface area contributed by atoms with Crippen molar-refractivity contribution in [2.75, 3.05) is 6.54 Å². The van der Waals surface area contributed by atoms with Gasteiger partial charge in [0.2, 0.25) is 0 Å². The van der Waals surface area contributed by atoms with Crippen molar-refractivity contribution in [1.82, 2.24) is 0 Å². The van der Waals surface area contributed by atoms with Crippen LogP contribution in [0.1, 0.15) is 28.8 Å². The molecule has 2 N–H and O–H groups in total. The van der Waals surface area contributed by atoms with Crippen LogP contribution in [0, 0.1) is 0 Å². The molecule has 1 heterocycles. The van der Waals surface area contributed by atoms with E-state index in [1.807, 2.05) is 0 Å². The number of ketones is 1. The van der Waals surface area contributed by atoms with Crippen molar-refractivity contribution in [2.24, 2.45) is 5.73 Å². The lowest BCUT2D eigenvalue weighted by atomic mass is 10.0. The summed E-state index contributed by atoms with van der Waals surface area (Å²) in [6, 6.07) is 4.18. The Morgan fingerprint density at radius 2 is 1.89 bits per heavy atom. The van der Waals surface area contributed by atoms with Crippen molar-refractivity contribution in [3.63, 3.8) is 0 Å². The second-order valence-electron chi connectivity index (χ2n) is 4.50. The number of carbonyl (C=O) groups excluding carboxylic acids is 1. The highest BCUT2D eigenvalue weighted by Crippen LogP contribution is 2.30. The van der Waals surface area contributed by atoms with Crippen molar-refractivity contribution in [1.29, 1.82) is 0 Å². The zero-order valence-corrected chi connectivity index (χ0v) is 10.1. The average Bonchev–Trinajstić information content (AvgIpc) is 2.86. The van der Waals surface area contributed by atoms with E-state index in [1.54, 1.807) is 0 Å². The third kappa shape index (κ3) is 3.13. The third-order valence-corrected chi connectivity index (χ3v) is 3.16. The molecule has 0 aromatic heterocycles. The standard InChI is InChI=1S/C13H14F3NO2/c14-13(15,16)9-3-1-8(2-4-9)12(18)11-6-5-10(7-17)19-11/h1-4,10-11H,5-7,17H2. The van der Waals surface area contributed by atoms with E-state index < -0.39 is 17.8 Å². The van der Waals surface area contributed by atoms with Crippen LogP contribution in [-0.4, -0.2) is 24.5 Å². The largest absolute Gasteiger partial charge is 0.416 e. The van der Waals surface area contributed by atoms with Crippen molar-refractivity contribution in [2.45, 2.75) is 31.2 Å². The number of benzene rings is 1. The molecule has 1 aliphatic heterocycles. The number of Topliss-reactive ketones (excluding diaryl/α,β-unsaturated/α-hetero) is 1. The molecule has 2 rings (SSSR count). The van der Waals surface area contributed by atoms with E-state index in [4.69, 9.17) is 10.5 Å². The first-order valence-electron chi connectivity index (χ1n) is 5.99. The van der Waals surface area contributed by atoms with Crippen LogP contribution in [0.2, 0.25) is 0 Å². The molecule has 1 aromatic rings. The number of rotatable bonds is 3. The van der Waals surface area contributed by atoms with Gasteiger partial charge >= 0.3 is 6.18 Å². The molecule has 0 spiro atoms. The monoisotopic (exact) mass is 273 g/mol. The minimum Gasteiger partial charge on any atom is -0.366 e. The lowest BCUT2D eigenvalue weighted by Crippen LogP contribution is -2.25. The Morgan fingerprint density at radius 3 is 2.37 bits per heavy atom. The molecule has 0 saturated carbocycles. The van der Waals surface area contributed by atoms with Crippen LogP contribution in [0.15, 0.2) is 24.3 Å². The van der Waals surface area contributed by atoms with Gasteiger partial charge in [-0.05, 0) is 25.0 Å². The number of alkyl halides is 3. The first kappa shape index (κ1) is 14.0. The van der Waals surface area contributed by atoms with E-state index in [1.165, 1.54) is 12.1 Å². The van der Waals surface area contributed by atoms with Gasteiger partial charge < -0.3 is 10.5 Å². The topological polar surface area (TPSA) is 52.3 Å². The van der Waals surface area contributed by atoms with Gasteiger partial charge in [-0.2, -0.15) is 13.2 Å². The van der Waals surface area contributed by atoms with E-state index >= 15 is 0 Å². The van der Waals surface area contributed by atoms with Gasteiger partial charge in [-0.25, -0.2) is 0 Å². The summed E-state index contributed by atoms with van der Waals surface area (Å²) < 4.78 is 42.6. The summed E-state index contributed by atoms with van der Waals surface area (Å²) in [5.41, 5.74) is 4.91. The minimum absolute atomic E-state index is 0.136. The van der Waals surface area contributed by atoms with Crippen molar-refractivity contribution < 1.29 is 22.7 Å². The molecule has 2 atom stereocenters. The fraction of sp³-hybridized carbons (Fsp3) is 0.462. The summed E-state index contributed by atoms with van der Waals surface area (Å²) in [6.07, 6.45) is -3.86. The average molecular weight is 273 g/mol. The fourth-order valence-corrected chi connectivity index (χ4v) is 2.08. The van der Waals surface area contributed by atoms with Crippen molar-refractivity contribution in [3.8, 4) is 0 Å². The van der Waals surface area contributed by atoms with Crippen LogP contribution in [0.5, 0.6) is 0 Å². The first-order valence-corrected chi connectivity index (χ1v) is 5.99. The third-order valence-electron chi connectivity index (χ3n) is 3.16. The lowest BCUT2D eigenvalue weighted by molar-refractivity contribution is -0.137. The van der Waals surface area contributed by atoms with Crippen molar-refractivity contribution in [3.05, 3.63) is 35.4 Å². The van der Waals surface area contributed by atoms with Crippen LogP contribution in [-0.2, 0) is 10.9 Å². The Morgan fingerprint density at radius 1 is 1.26 bits per heavy atom. The molecule has 2 unspecified atom stereocenters. The highest BCUT2D eigenvalue weighted by atomic mass is 19.4. The summed E-state index contributed by atoms with van der Waals surface area (Å²) in [7, 11) is 0. The van der Waals surface area contributed by atoms with Gasteiger partial charge in [-0.3, -0.25) is 4.79 Å². The number of hydrogen-bond donors (Lipinski definition) is 1. The Hall–Kier alpha value is -1.40. The van der Waals surface area contributed by atoms with Crippen LogP contribution in [0.4, 0.5) is 13.2 Å². The molecule has 3 nitrogen and oxygen atoms in total. The van der Waals surface area contributed by atoms with E-state index in [9.17, 15) is 18.0 Å². The van der Waals surface area contributed by atoms with Gasteiger partial charge in [0.25, 0.3) is 0 Å². The molecule has 0 aliphatic carbocycles. The SMILES string of the molecule is NCC1CCC(C(=O)c2ccc(C(F)(F)F)cc2)O1. The molecule has 1 fully saturated rings. The Labute approximate surface area is 108 Å². The molecule has 0 radical (unpaired) electrons. The summed E-state index contributed by atoms with van der Waals surface area (Å²) in [4.78, 5) is 12.0. The molecular weight excluding hydrogens is 259 g/mol. The number of ether oxygens (including phenoxy) is 1. The second-order valence-corrected chi connectivity index (χ2v) is 4.50. The normalized spacial score (nSPS) is 23.6. The molecular formula is C13H14F3NO2. The van der Waals surface area contributed by atoms with Gasteiger partial charge in [0.1, 0.15) is 6.10 Å². The van der Waals surface area contributed by atoms with Gasteiger partial charge in [0, 0.05) is 12.1 Å². The maximum absolute atomic E-state index is 12.4. The van der Waals surface area contributed by atoms with Crippen LogP contribution < -0.4 is 5.73 Å². The number of nitrogens with two attached hydrogens (primary N) is 1. The lowest BCUT2D eigenvalue weighted by Gasteiger charge is -2.12. The van der Waals surface area contributed by atoms with Gasteiger partial charge in [0.05, 0.1) is 11.7 Å². The summed E-state index contributed by atoms with van der Waals surface area (Å²) in [6.45, 7) is 0.344. The van der Waals surface area contributed by atoms with E-state index in [2.05, 4.69) is 0 Å². The van der Waals surface area contributed by atoms with Crippen molar-refractivity contribution >= 4 is 5.78 Å². The van der Waals surface area contributed by atoms with Gasteiger partial charge in [-0.1, -0.05) is 12.1 Å².